The van der Waals surface area contributed by atoms with Crippen LogP contribution in [0.4, 0.5) is 0 Å². The molecule has 20 heavy (non-hydrogen) atoms. The minimum atomic E-state index is 0.185. The van der Waals surface area contributed by atoms with Crippen LogP contribution in [0.3, 0.4) is 0 Å². The first-order chi connectivity index (χ1) is 9.66. The summed E-state index contributed by atoms with van der Waals surface area (Å²) in [6.45, 7) is 2.77. The zero-order valence-corrected chi connectivity index (χ0v) is 12.1. The van der Waals surface area contributed by atoms with Gasteiger partial charge >= 0.3 is 0 Å². The van der Waals surface area contributed by atoms with Gasteiger partial charge in [0.15, 0.2) is 0 Å². The van der Waals surface area contributed by atoms with Gasteiger partial charge in [-0.25, -0.2) is 0 Å². The summed E-state index contributed by atoms with van der Waals surface area (Å²) < 4.78 is 0. The number of rotatable bonds is 5. The quantitative estimate of drug-likeness (QED) is 0.806. The second-order valence-electron chi connectivity index (χ2n) is 5.25. The van der Waals surface area contributed by atoms with E-state index in [9.17, 15) is 4.79 Å². The topological polar surface area (TPSA) is 20.3 Å². The Labute approximate surface area is 121 Å². The zero-order valence-electron chi connectivity index (χ0n) is 12.1. The number of carbonyl (C=O) groups is 1. The number of amides is 1. The van der Waals surface area contributed by atoms with E-state index in [1.165, 1.54) is 5.56 Å². The van der Waals surface area contributed by atoms with Crippen LogP contribution in [0, 0.1) is 0 Å². The van der Waals surface area contributed by atoms with Crippen molar-refractivity contribution in [3.63, 3.8) is 0 Å². The molecule has 0 heterocycles. The Morgan fingerprint density at radius 3 is 2.15 bits per heavy atom. The van der Waals surface area contributed by atoms with Gasteiger partial charge in [-0.2, -0.15) is 0 Å². The van der Waals surface area contributed by atoms with Gasteiger partial charge in [-0.15, -0.1) is 0 Å². The van der Waals surface area contributed by atoms with E-state index in [1.807, 2.05) is 55.6 Å². The summed E-state index contributed by atoms with van der Waals surface area (Å²) in [7, 11) is 1.87. The smallest absolute Gasteiger partial charge is 0.223 e. The standard InChI is InChI=1S/C18H21NO/c1-15(17-11-7-4-8-12-17)13-18(20)19(2)14-16-9-5-3-6-10-16/h3-12,15H,13-14H2,1-2H3. The van der Waals surface area contributed by atoms with Crippen molar-refractivity contribution in [3.05, 3.63) is 71.8 Å². The molecular formula is C18H21NO. The molecule has 0 aromatic heterocycles. The summed E-state index contributed by atoms with van der Waals surface area (Å²) in [5.74, 6) is 0.437. The molecule has 0 aliphatic carbocycles. The van der Waals surface area contributed by atoms with Crippen molar-refractivity contribution in [1.82, 2.24) is 4.90 Å². The van der Waals surface area contributed by atoms with E-state index in [-0.39, 0.29) is 11.8 Å². The molecule has 0 saturated carbocycles. The number of hydrogen-bond donors (Lipinski definition) is 0. The van der Waals surface area contributed by atoms with Gasteiger partial charge in [0, 0.05) is 20.0 Å². The molecule has 0 saturated heterocycles. The van der Waals surface area contributed by atoms with Crippen LogP contribution in [0.15, 0.2) is 60.7 Å². The van der Waals surface area contributed by atoms with Gasteiger partial charge in [-0.3, -0.25) is 4.79 Å². The molecule has 2 rings (SSSR count). The highest BCUT2D eigenvalue weighted by molar-refractivity contribution is 5.76. The van der Waals surface area contributed by atoms with Crippen LogP contribution >= 0.6 is 0 Å². The molecular weight excluding hydrogens is 246 g/mol. The van der Waals surface area contributed by atoms with Crippen LogP contribution in [0.25, 0.3) is 0 Å². The predicted molar refractivity (Wildman–Crippen MR) is 82.4 cm³/mol. The highest BCUT2D eigenvalue weighted by atomic mass is 16.2. The second kappa shape index (κ2) is 6.90. The lowest BCUT2D eigenvalue weighted by Gasteiger charge is -2.20. The molecule has 2 heteroatoms. The highest BCUT2D eigenvalue weighted by Gasteiger charge is 2.14. The SMILES string of the molecule is CC(CC(=O)N(C)Cc1ccccc1)c1ccccc1. The Balaban J connectivity index is 1.91. The van der Waals surface area contributed by atoms with Gasteiger partial charge in [0.25, 0.3) is 0 Å². The molecule has 104 valence electrons. The third-order valence-electron chi connectivity index (χ3n) is 3.54. The lowest BCUT2D eigenvalue weighted by atomic mass is 9.97. The average Bonchev–Trinajstić information content (AvgIpc) is 2.49. The molecule has 0 radical (unpaired) electrons. The number of hydrogen-bond acceptors (Lipinski definition) is 1. The molecule has 0 fully saturated rings. The Bertz CT molecular complexity index is 536. The van der Waals surface area contributed by atoms with E-state index in [1.54, 1.807) is 4.90 Å². The highest BCUT2D eigenvalue weighted by Crippen LogP contribution is 2.19. The van der Waals surface area contributed by atoms with Gasteiger partial charge in [-0.05, 0) is 17.0 Å². The van der Waals surface area contributed by atoms with E-state index in [0.29, 0.717) is 13.0 Å². The van der Waals surface area contributed by atoms with Gasteiger partial charge in [0.2, 0.25) is 5.91 Å². The summed E-state index contributed by atoms with van der Waals surface area (Å²) in [5, 5.41) is 0. The second-order valence-corrected chi connectivity index (χ2v) is 5.25. The van der Waals surface area contributed by atoms with Gasteiger partial charge < -0.3 is 4.90 Å². The van der Waals surface area contributed by atoms with Crippen molar-refractivity contribution in [2.24, 2.45) is 0 Å². The van der Waals surface area contributed by atoms with Gasteiger partial charge in [-0.1, -0.05) is 67.6 Å². The van der Waals surface area contributed by atoms with Crippen molar-refractivity contribution < 1.29 is 4.79 Å². The Kier molecular flexibility index (Phi) is 4.94. The molecule has 2 aromatic carbocycles. The maximum absolute atomic E-state index is 12.3. The van der Waals surface area contributed by atoms with Crippen LogP contribution in [0.2, 0.25) is 0 Å². The largest absolute Gasteiger partial charge is 0.341 e. The van der Waals surface area contributed by atoms with Crippen molar-refractivity contribution in [2.45, 2.75) is 25.8 Å². The molecule has 0 N–H and O–H groups in total. The van der Waals surface area contributed by atoms with Gasteiger partial charge in [0.1, 0.15) is 0 Å². The minimum Gasteiger partial charge on any atom is -0.341 e. The van der Waals surface area contributed by atoms with Crippen molar-refractivity contribution in [1.29, 1.82) is 0 Å². The van der Waals surface area contributed by atoms with Crippen LogP contribution in [0.5, 0.6) is 0 Å². The summed E-state index contributed by atoms with van der Waals surface area (Å²) in [6.07, 6.45) is 0.549. The molecule has 0 aliphatic heterocycles. The van der Waals surface area contributed by atoms with Crippen LogP contribution in [0.1, 0.15) is 30.4 Å². The fraction of sp³-hybridized carbons (Fsp3) is 0.278. The summed E-state index contributed by atoms with van der Waals surface area (Å²) >= 11 is 0. The van der Waals surface area contributed by atoms with Crippen molar-refractivity contribution >= 4 is 5.91 Å². The fourth-order valence-corrected chi connectivity index (χ4v) is 2.26. The van der Waals surface area contributed by atoms with E-state index in [4.69, 9.17) is 0 Å². The first kappa shape index (κ1) is 14.3. The maximum Gasteiger partial charge on any atom is 0.223 e. The molecule has 1 amide bonds. The van der Waals surface area contributed by atoms with Crippen LogP contribution < -0.4 is 0 Å². The van der Waals surface area contributed by atoms with Crippen molar-refractivity contribution in [3.8, 4) is 0 Å². The molecule has 2 aromatic rings. The first-order valence-corrected chi connectivity index (χ1v) is 6.99. The molecule has 0 bridgehead atoms. The summed E-state index contributed by atoms with van der Waals surface area (Å²) in [5.41, 5.74) is 2.38. The first-order valence-electron chi connectivity index (χ1n) is 6.99. The maximum atomic E-state index is 12.3. The van der Waals surface area contributed by atoms with E-state index in [2.05, 4.69) is 19.1 Å². The molecule has 0 aliphatic rings. The normalized spacial score (nSPS) is 11.9. The van der Waals surface area contributed by atoms with Crippen molar-refractivity contribution in [2.75, 3.05) is 7.05 Å². The fourth-order valence-electron chi connectivity index (χ4n) is 2.26. The van der Waals surface area contributed by atoms with E-state index in [0.717, 1.165) is 5.56 Å². The molecule has 1 atom stereocenters. The lowest BCUT2D eigenvalue weighted by Crippen LogP contribution is -2.27. The summed E-state index contributed by atoms with van der Waals surface area (Å²) in [4.78, 5) is 14.1. The number of benzene rings is 2. The molecule has 1 unspecified atom stereocenters. The Hall–Kier alpha value is -2.09. The Morgan fingerprint density at radius 1 is 1.00 bits per heavy atom. The Morgan fingerprint density at radius 2 is 1.55 bits per heavy atom. The number of nitrogens with zero attached hydrogens (tertiary/aromatic N) is 1. The molecule has 0 spiro atoms. The third-order valence-corrected chi connectivity index (χ3v) is 3.54. The van der Waals surface area contributed by atoms with E-state index >= 15 is 0 Å². The van der Waals surface area contributed by atoms with Crippen LogP contribution in [-0.2, 0) is 11.3 Å². The molecule has 2 nitrogen and oxygen atoms in total. The van der Waals surface area contributed by atoms with Crippen LogP contribution in [-0.4, -0.2) is 17.9 Å². The average molecular weight is 267 g/mol. The monoisotopic (exact) mass is 267 g/mol. The summed E-state index contributed by atoms with van der Waals surface area (Å²) in [6, 6.07) is 20.3. The third kappa shape index (κ3) is 3.95. The number of carbonyl (C=O) groups excluding carboxylic acids is 1. The van der Waals surface area contributed by atoms with Gasteiger partial charge in [0.05, 0.1) is 0 Å². The minimum absolute atomic E-state index is 0.185. The van der Waals surface area contributed by atoms with E-state index < -0.39 is 0 Å². The lowest BCUT2D eigenvalue weighted by molar-refractivity contribution is -0.130. The predicted octanol–water partition coefficient (Wildman–Crippen LogP) is 3.84. The zero-order chi connectivity index (χ0) is 14.4.